The molecule has 6 nitrogen and oxygen atoms in total. The molecular formula is C16H17NO5S. The molecule has 0 aliphatic heterocycles. The average molecular weight is 335 g/mol. The Hall–Kier alpha value is -2.41. The van der Waals surface area contributed by atoms with Crippen LogP contribution in [0.3, 0.4) is 0 Å². The largest absolute Gasteiger partial charge is 0.379 e. The van der Waals surface area contributed by atoms with Crippen LogP contribution in [0.15, 0.2) is 47.4 Å². The number of benzene rings is 2. The highest BCUT2D eigenvalue weighted by molar-refractivity contribution is 7.87. The van der Waals surface area contributed by atoms with Crippen molar-refractivity contribution in [1.82, 2.24) is 0 Å². The quantitative estimate of drug-likeness (QED) is 0.471. The SMILES string of the molecule is Cc1ccc([N+](=O)[O-])cc1S(=O)(=O)Oc1cccc(C(C)C)c1. The molecule has 0 unspecified atom stereocenters. The van der Waals surface area contributed by atoms with Crippen LogP contribution >= 0.6 is 0 Å². The number of hydrogen-bond donors (Lipinski definition) is 0. The first-order chi connectivity index (χ1) is 10.7. The van der Waals surface area contributed by atoms with Crippen LogP contribution in [0.2, 0.25) is 0 Å². The summed E-state index contributed by atoms with van der Waals surface area (Å²) in [7, 11) is -4.15. The summed E-state index contributed by atoms with van der Waals surface area (Å²) in [6.07, 6.45) is 0. The zero-order chi connectivity index (χ0) is 17.2. The molecule has 2 aromatic rings. The molecule has 0 fully saturated rings. The highest BCUT2D eigenvalue weighted by Gasteiger charge is 2.22. The number of nitrogens with zero attached hydrogens (tertiary/aromatic N) is 1. The van der Waals surface area contributed by atoms with Crippen molar-refractivity contribution in [3.63, 3.8) is 0 Å². The zero-order valence-electron chi connectivity index (χ0n) is 13.0. The first-order valence-corrected chi connectivity index (χ1v) is 8.41. The Morgan fingerprint density at radius 1 is 1.13 bits per heavy atom. The van der Waals surface area contributed by atoms with E-state index in [1.165, 1.54) is 18.2 Å². The van der Waals surface area contributed by atoms with E-state index in [4.69, 9.17) is 4.18 Å². The van der Waals surface area contributed by atoms with E-state index in [9.17, 15) is 18.5 Å². The first-order valence-electron chi connectivity index (χ1n) is 7.00. The van der Waals surface area contributed by atoms with E-state index in [0.29, 0.717) is 5.56 Å². The minimum atomic E-state index is -4.15. The molecule has 0 aromatic heterocycles. The fourth-order valence-corrected chi connectivity index (χ4v) is 3.24. The molecule has 2 rings (SSSR count). The second-order valence-corrected chi connectivity index (χ2v) is 6.99. The van der Waals surface area contributed by atoms with Gasteiger partial charge in [0.15, 0.2) is 0 Å². The van der Waals surface area contributed by atoms with E-state index in [1.807, 2.05) is 19.9 Å². The van der Waals surface area contributed by atoms with Crippen molar-refractivity contribution in [1.29, 1.82) is 0 Å². The van der Waals surface area contributed by atoms with Gasteiger partial charge in [0.1, 0.15) is 10.6 Å². The predicted octanol–water partition coefficient (Wildman–Crippen LogP) is 3.79. The molecule has 2 aromatic carbocycles. The lowest BCUT2D eigenvalue weighted by Crippen LogP contribution is -2.12. The van der Waals surface area contributed by atoms with Gasteiger partial charge in [-0.15, -0.1) is 0 Å². The Labute approximate surface area is 135 Å². The van der Waals surface area contributed by atoms with Crippen LogP contribution in [0.25, 0.3) is 0 Å². The molecule has 0 aliphatic carbocycles. The summed E-state index contributed by atoms with van der Waals surface area (Å²) in [6, 6.07) is 10.4. The summed E-state index contributed by atoms with van der Waals surface area (Å²) in [6.45, 7) is 5.53. The number of nitro groups is 1. The Morgan fingerprint density at radius 3 is 2.43 bits per heavy atom. The van der Waals surface area contributed by atoms with Crippen molar-refractivity contribution in [3.05, 3.63) is 63.7 Å². The van der Waals surface area contributed by atoms with Gasteiger partial charge >= 0.3 is 10.1 Å². The molecule has 0 amide bonds. The van der Waals surface area contributed by atoms with E-state index in [2.05, 4.69) is 0 Å². The molecule has 122 valence electrons. The third-order valence-electron chi connectivity index (χ3n) is 3.38. The number of aryl methyl sites for hydroxylation is 1. The van der Waals surface area contributed by atoms with Crippen molar-refractivity contribution in [2.45, 2.75) is 31.6 Å². The number of nitro benzene ring substituents is 1. The van der Waals surface area contributed by atoms with Crippen molar-refractivity contribution in [2.75, 3.05) is 0 Å². The molecule has 0 atom stereocenters. The van der Waals surface area contributed by atoms with Crippen molar-refractivity contribution >= 4 is 15.8 Å². The Kier molecular flexibility index (Phi) is 4.70. The molecule has 0 heterocycles. The normalized spacial score (nSPS) is 11.5. The molecule has 0 saturated heterocycles. The molecule has 0 radical (unpaired) electrons. The summed E-state index contributed by atoms with van der Waals surface area (Å²) in [5.41, 5.74) is 1.03. The lowest BCUT2D eigenvalue weighted by atomic mass is 10.0. The second kappa shape index (κ2) is 6.37. The van der Waals surface area contributed by atoms with E-state index in [0.717, 1.165) is 11.6 Å². The highest BCUT2D eigenvalue weighted by atomic mass is 32.2. The maximum atomic E-state index is 12.4. The Bertz CT molecular complexity index is 843. The number of hydrogen-bond acceptors (Lipinski definition) is 5. The van der Waals surface area contributed by atoms with Crippen LogP contribution in [-0.4, -0.2) is 13.3 Å². The molecule has 23 heavy (non-hydrogen) atoms. The predicted molar refractivity (Wildman–Crippen MR) is 86.2 cm³/mol. The fraction of sp³-hybridized carbons (Fsp3) is 0.250. The van der Waals surface area contributed by atoms with Crippen molar-refractivity contribution in [2.24, 2.45) is 0 Å². The summed E-state index contributed by atoms with van der Waals surface area (Å²) in [4.78, 5) is 9.99. The third-order valence-corrected chi connectivity index (χ3v) is 4.77. The van der Waals surface area contributed by atoms with Crippen LogP contribution in [0.4, 0.5) is 5.69 Å². The van der Waals surface area contributed by atoms with Crippen LogP contribution in [-0.2, 0) is 10.1 Å². The van der Waals surface area contributed by atoms with E-state index in [1.54, 1.807) is 19.1 Å². The van der Waals surface area contributed by atoms with Gasteiger partial charge in [0.25, 0.3) is 5.69 Å². The summed E-state index contributed by atoms with van der Waals surface area (Å²) >= 11 is 0. The van der Waals surface area contributed by atoms with E-state index < -0.39 is 15.0 Å². The van der Waals surface area contributed by atoms with Gasteiger partial charge in [0.05, 0.1) is 4.92 Å². The van der Waals surface area contributed by atoms with Crippen molar-refractivity contribution in [3.8, 4) is 5.75 Å². The van der Waals surface area contributed by atoms with Gasteiger partial charge in [0.2, 0.25) is 0 Å². The topological polar surface area (TPSA) is 86.5 Å². The van der Waals surface area contributed by atoms with Gasteiger partial charge in [-0.25, -0.2) is 0 Å². The molecule has 0 aliphatic rings. The molecule has 0 saturated carbocycles. The summed E-state index contributed by atoms with van der Waals surface area (Å²) in [5, 5.41) is 10.8. The lowest BCUT2D eigenvalue weighted by Gasteiger charge is -2.11. The lowest BCUT2D eigenvalue weighted by molar-refractivity contribution is -0.385. The summed E-state index contributed by atoms with van der Waals surface area (Å²) < 4.78 is 30.0. The maximum Gasteiger partial charge on any atom is 0.339 e. The molecule has 0 spiro atoms. The van der Waals surface area contributed by atoms with Gasteiger partial charge in [-0.3, -0.25) is 10.1 Å². The second-order valence-electron chi connectivity index (χ2n) is 5.47. The third kappa shape index (κ3) is 3.87. The van der Waals surface area contributed by atoms with Crippen LogP contribution in [0.1, 0.15) is 30.9 Å². The fourth-order valence-electron chi connectivity index (χ4n) is 2.07. The van der Waals surface area contributed by atoms with E-state index >= 15 is 0 Å². The zero-order valence-corrected chi connectivity index (χ0v) is 13.8. The Morgan fingerprint density at radius 2 is 1.83 bits per heavy atom. The minimum absolute atomic E-state index is 0.183. The van der Waals surface area contributed by atoms with Gasteiger partial charge in [-0.05, 0) is 36.1 Å². The summed E-state index contributed by atoms with van der Waals surface area (Å²) in [5.74, 6) is 0.405. The van der Waals surface area contributed by atoms with Crippen molar-refractivity contribution < 1.29 is 17.5 Å². The van der Waals surface area contributed by atoms with Crippen LogP contribution < -0.4 is 4.18 Å². The van der Waals surface area contributed by atoms with Gasteiger partial charge < -0.3 is 4.18 Å². The minimum Gasteiger partial charge on any atom is -0.379 e. The average Bonchev–Trinajstić information content (AvgIpc) is 2.47. The van der Waals surface area contributed by atoms with Crippen LogP contribution in [0, 0.1) is 17.0 Å². The maximum absolute atomic E-state index is 12.4. The van der Waals surface area contributed by atoms with Gasteiger partial charge in [0, 0.05) is 12.1 Å². The van der Waals surface area contributed by atoms with Crippen LogP contribution in [0.5, 0.6) is 5.75 Å². The van der Waals surface area contributed by atoms with Gasteiger partial charge in [-0.1, -0.05) is 32.0 Å². The number of non-ortho nitro benzene ring substituents is 1. The number of rotatable bonds is 5. The standard InChI is InChI=1S/C16H17NO5S/c1-11(2)13-5-4-6-15(9-13)22-23(20,21)16-10-14(17(18)19)8-7-12(16)3/h4-11H,1-3H3. The molecule has 0 N–H and O–H groups in total. The Balaban J connectivity index is 2.41. The first kappa shape index (κ1) is 17.0. The van der Waals surface area contributed by atoms with Gasteiger partial charge in [-0.2, -0.15) is 8.42 Å². The highest BCUT2D eigenvalue weighted by Crippen LogP contribution is 2.27. The smallest absolute Gasteiger partial charge is 0.339 e. The molecule has 0 bridgehead atoms. The molecular weight excluding hydrogens is 318 g/mol. The van der Waals surface area contributed by atoms with E-state index in [-0.39, 0.29) is 22.3 Å². The monoisotopic (exact) mass is 335 g/mol. The molecule has 7 heteroatoms.